The Balaban J connectivity index is 0.000000257. The van der Waals surface area contributed by atoms with Crippen LogP contribution in [0.2, 0.25) is 0 Å². The maximum atomic E-state index is 12.1. The van der Waals surface area contributed by atoms with Gasteiger partial charge >= 0.3 is 6.18 Å². The summed E-state index contributed by atoms with van der Waals surface area (Å²) >= 11 is 0. The third-order valence-corrected chi connectivity index (χ3v) is 3.97. The number of rotatable bonds is 3. The minimum Gasteiger partial charge on any atom is -0.362 e. The number of nitrogens with two attached hydrogens (primary N) is 1. The first-order valence-corrected chi connectivity index (χ1v) is 7.72. The molecule has 138 valence electrons. The van der Waals surface area contributed by atoms with Crippen molar-refractivity contribution in [2.75, 3.05) is 6.61 Å². The predicted molar refractivity (Wildman–Crippen MR) is 91.3 cm³/mol. The van der Waals surface area contributed by atoms with Crippen molar-refractivity contribution >= 4 is 0 Å². The van der Waals surface area contributed by atoms with Crippen LogP contribution in [0.25, 0.3) is 0 Å². The number of aromatic amines is 1. The monoisotopic (exact) mass is 356 g/mol. The average molecular weight is 356 g/mol. The summed E-state index contributed by atoms with van der Waals surface area (Å²) < 4.78 is 36.4. The Morgan fingerprint density at radius 2 is 1.48 bits per heavy atom. The number of aromatic nitrogens is 1. The minimum absolute atomic E-state index is 0.166. The fraction of sp³-hybridized carbons (Fsp3) is 0.389. The van der Waals surface area contributed by atoms with Gasteiger partial charge in [0.2, 0.25) is 0 Å². The van der Waals surface area contributed by atoms with Crippen LogP contribution in [0.5, 0.6) is 0 Å². The van der Waals surface area contributed by atoms with Gasteiger partial charge < -0.3 is 9.82 Å². The summed E-state index contributed by atoms with van der Waals surface area (Å²) in [5.41, 5.74) is 3.88. The number of aryl methyl sites for hydroxylation is 2. The zero-order chi connectivity index (χ0) is 19.2. The molecular weight excluding hydrogens is 333 g/mol. The second kappa shape index (κ2) is 8.82. The third-order valence-electron chi connectivity index (χ3n) is 3.97. The van der Waals surface area contributed by atoms with E-state index in [4.69, 9.17) is 5.90 Å². The Morgan fingerprint density at radius 3 is 1.88 bits per heavy atom. The van der Waals surface area contributed by atoms with E-state index in [1.165, 1.54) is 12.1 Å². The van der Waals surface area contributed by atoms with E-state index in [1.54, 1.807) is 0 Å². The van der Waals surface area contributed by atoms with Crippen LogP contribution in [0.4, 0.5) is 13.2 Å². The lowest BCUT2D eigenvalue weighted by Gasteiger charge is -2.07. The largest absolute Gasteiger partial charge is 0.416 e. The lowest BCUT2D eigenvalue weighted by molar-refractivity contribution is -0.137. The molecule has 2 aromatic rings. The number of alkyl halides is 3. The van der Waals surface area contributed by atoms with Crippen molar-refractivity contribution in [1.29, 1.82) is 0 Å². The summed E-state index contributed by atoms with van der Waals surface area (Å²) in [4.78, 5) is 18.9. The molecular formula is C18H23F3N2O2. The molecule has 1 aromatic carbocycles. The van der Waals surface area contributed by atoms with Crippen LogP contribution in [0.15, 0.2) is 29.1 Å². The number of benzene rings is 1. The second-order valence-electron chi connectivity index (χ2n) is 5.77. The number of H-pyrrole nitrogens is 1. The third kappa shape index (κ3) is 6.03. The van der Waals surface area contributed by atoms with E-state index >= 15 is 0 Å². The molecule has 0 amide bonds. The van der Waals surface area contributed by atoms with Gasteiger partial charge in [0.05, 0.1) is 12.2 Å². The van der Waals surface area contributed by atoms with Gasteiger partial charge in [-0.2, -0.15) is 13.2 Å². The summed E-state index contributed by atoms with van der Waals surface area (Å²) in [7, 11) is 0. The molecule has 4 nitrogen and oxygen atoms in total. The molecule has 0 saturated heterocycles. The minimum atomic E-state index is -4.27. The fourth-order valence-corrected chi connectivity index (χ4v) is 2.13. The molecule has 0 aliphatic carbocycles. The maximum Gasteiger partial charge on any atom is 0.416 e. The summed E-state index contributed by atoms with van der Waals surface area (Å²) in [6, 6.07) is 4.93. The Bertz CT molecular complexity index is 721. The van der Waals surface area contributed by atoms with Gasteiger partial charge in [-0.05, 0) is 51.8 Å². The highest BCUT2D eigenvalue weighted by atomic mass is 19.4. The molecule has 0 unspecified atom stereocenters. The van der Waals surface area contributed by atoms with Crippen LogP contribution in [0.3, 0.4) is 0 Å². The molecule has 0 spiro atoms. The molecule has 25 heavy (non-hydrogen) atoms. The number of nitrogens with one attached hydrogen (secondary N) is 1. The van der Waals surface area contributed by atoms with Crippen LogP contribution in [0, 0.1) is 27.7 Å². The van der Waals surface area contributed by atoms with Gasteiger partial charge in [0.15, 0.2) is 5.43 Å². The SMILES string of the molecule is Cc1[nH]c(C)c(C)c(=O)c1C.NOCCc1ccc(C(F)(F)F)cc1. The van der Waals surface area contributed by atoms with Gasteiger partial charge in [-0.25, -0.2) is 5.90 Å². The van der Waals surface area contributed by atoms with E-state index in [-0.39, 0.29) is 5.43 Å². The number of hydrogen-bond acceptors (Lipinski definition) is 3. The first-order chi connectivity index (χ1) is 11.6. The number of pyridine rings is 1. The molecule has 0 saturated carbocycles. The van der Waals surface area contributed by atoms with E-state index < -0.39 is 11.7 Å². The normalized spacial score (nSPS) is 11.0. The predicted octanol–water partition coefficient (Wildman–Crippen LogP) is 3.75. The van der Waals surface area contributed by atoms with Crippen molar-refractivity contribution in [3.63, 3.8) is 0 Å². The van der Waals surface area contributed by atoms with E-state index in [0.717, 1.165) is 40.2 Å². The van der Waals surface area contributed by atoms with Gasteiger partial charge in [-0.3, -0.25) is 4.79 Å². The Labute approximate surface area is 144 Å². The molecule has 3 N–H and O–H groups in total. The first kappa shape index (κ1) is 20.9. The summed E-state index contributed by atoms with van der Waals surface area (Å²) in [5.74, 6) is 4.80. The molecule has 0 atom stereocenters. The second-order valence-corrected chi connectivity index (χ2v) is 5.77. The Kier molecular flexibility index (Phi) is 7.38. The molecule has 0 radical (unpaired) electrons. The fourth-order valence-electron chi connectivity index (χ4n) is 2.13. The average Bonchev–Trinajstić information content (AvgIpc) is 2.56. The van der Waals surface area contributed by atoms with Gasteiger partial charge in [-0.15, -0.1) is 0 Å². The summed E-state index contributed by atoms with van der Waals surface area (Å²) in [6.07, 6.45) is -3.77. The zero-order valence-electron chi connectivity index (χ0n) is 14.8. The number of halogens is 3. The molecule has 2 rings (SSSR count). The van der Waals surface area contributed by atoms with Crippen LogP contribution in [0.1, 0.15) is 33.6 Å². The summed E-state index contributed by atoms with van der Waals surface area (Å²) in [6.45, 7) is 7.83. The van der Waals surface area contributed by atoms with Gasteiger partial charge in [0.25, 0.3) is 0 Å². The lowest BCUT2D eigenvalue weighted by atomic mass is 10.1. The molecule has 1 aromatic heterocycles. The van der Waals surface area contributed by atoms with Gasteiger partial charge in [-0.1, -0.05) is 12.1 Å². The van der Waals surface area contributed by atoms with Gasteiger partial charge in [0.1, 0.15) is 0 Å². The first-order valence-electron chi connectivity index (χ1n) is 7.72. The Hall–Kier alpha value is -2.12. The van der Waals surface area contributed by atoms with E-state index in [1.807, 2.05) is 27.7 Å². The van der Waals surface area contributed by atoms with Crippen molar-refractivity contribution in [1.82, 2.24) is 4.98 Å². The topological polar surface area (TPSA) is 68.1 Å². The van der Waals surface area contributed by atoms with Crippen molar-refractivity contribution in [3.8, 4) is 0 Å². The maximum absolute atomic E-state index is 12.1. The molecule has 1 heterocycles. The van der Waals surface area contributed by atoms with Crippen molar-refractivity contribution < 1.29 is 18.0 Å². The van der Waals surface area contributed by atoms with E-state index in [2.05, 4.69) is 9.82 Å². The van der Waals surface area contributed by atoms with Crippen LogP contribution in [-0.2, 0) is 17.4 Å². The number of hydrogen-bond donors (Lipinski definition) is 2. The van der Waals surface area contributed by atoms with Crippen molar-refractivity contribution in [3.05, 3.63) is 68.1 Å². The Morgan fingerprint density at radius 1 is 1.00 bits per heavy atom. The molecule has 0 aliphatic heterocycles. The van der Waals surface area contributed by atoms with Gasteiger partial charge in [0, 0.05) is 22.5 Å². The van der Waals surface area contributed by atoms with Crippen molar-refractivity contribution in [2.45, 2.75) is 40.3 Å². The smallest absolute Gasteiger partial charge is 0.362 e. The lowest BCUT2D eigenvalue weighted by Crippen LogP contribution is -2.14. The highest BCUT2D eigenvalue weighted by Gasteiger charge is 2.29. The summed E-state index contributed by atoms with van der Waals surface area (Å²) in [5, 5.41) is 0. The molecule has 0 aliphatic rings. The van der Waals surface area contributed by atoms with Crippen molar-refractivity contribution in [2.24, 2.45) is 5.90 Å². The molecule has 0 fully saturated rings. The zero-order valence-corrected chi connectivity index (χ0v) is 14.8. The molecule has 0 bridgehead atoms. The quantitative estimate of drug-likeness (QED) is 0.823. The van der Waals surface area contributed by atoms with Crippen LogP contribution in [-0.4, -0.2) is 11.6 Å². The highest BCUT2D eigenvalue weighted by molar-refractivity contribution is 5.27. The van der Waals surface area contributed by atoms with E-state index in [0.29, 0.717) is 13.0 Å². The highest BCUT2D eigenvalue weighted by Crippen LogP contribution is 2.29. The van der Waals surface area contributed by atoms with Crippen LogP contribution >= 0.6 is 0 Å². The van der Waals surface area contributed by atoms with Crippen LogP contribution < -0.4 is 11.3 Å². The molecule has 7 heteroatoms. The standard InChI is InChI=1S/C9H10F3NO.C9H13NO/c10-9(11,12)8-3-1-7(2-4-8)5-6-14-13;1-5-7(3)10-8(4)6(2)9(5)11/h1-4H,5-6,13H2;1-4H3,(H,10,11). The van der Waals surface area contributed by atoms with E-state index in [9.17, 15) is 18.0 Å².